The maximum atomic E-state index is 13.1. The van der Waals surface area contributed by atoms with Crippen molar-refractivity contribution in [3.63, 3.8) is 0 Å². The van der Waals surface area contributed by atoms with Gasteiger partial charge in [0.2, 0.25) is 5.91 Å². The molecule has 1 amide bonds. The Hall–Kier alpha value is -2.33. The van der Waals surface area contributed by atoms with Crippen LogP contribution in [0.1, 0.15) is 31.9 Å². The summed E-state index contributed by atoms with van der Waals surface area (Å²) in [6.07, 6.45) is 0. The molecule has 0 bridgehead atoms. The molecule has 1 fully saturated rings. The second-order valence-electron chi connectivity index (χ2n) is 7.64. The van der Waals surface area contributed by atoms with Crippen molar-refractivity contribution < 1.29 is 9.53 Å². The van der Waals surface area contributed by atoms with Crippen molar-refractivity contribution >= 4 is 5.91 Å². The van der Waals surface area contributed by atoms with Gasteiger partial charge in [-0.05, 0) is 44.0 Å². The van der Waals surface area contributed by atoms with Gasteiger partial charge < -0.3 is 9.64 Å². The van der Waals surface area contributed by atoms with Gasteiger partial charge in [-0.2, -0.15) is 0 Å². The molecular formula is C23H30N2O2. The summed E-state index contributed by atoms with van der Waals surface area (Å²) in [7, 11) is 0. The highest BCUT2D eigenvalue weighted by molar-refractivity contribution is 5.87. The summed E-state index contributed by atoms with van der Waals surface area (Å²) in [5, 5.41) is 0. The fourth-order valence-corrected chi connectivity index (χ4v) is 3.60. The molecule has 1 heterocycles. The molecule has 2 aromatic carbocycles. The van der Waals surface area contributed by atoms with Crippen LogP contribution >= 0.6 is 0 Å². The van der Waals surface area contributed by atoms with Crippen LogP contribution in [0.3, 0.4) is 0 Å². The predicted octanol–water partition coefficient (Wildman–Crippen LogP) is 3.71. The van der Waals surface area contributed by atoms with Crippen molar-refractivity contribution in [3.8, 4) is 5.75 Å². The monoisotopic (exact) mass is 366 g/mol. The molecule has 0 atom stereocenters. The fraction of sp³-hybridized carbons (Fsp3) is 0.435. The summed E-state index contributed by atoms with van der Waals surface area (Å²) >= 11 is 0. The van der Waals surface area contributed by atoms with Crippen LogP contribution in [0.5, 0.6) is 5.75 Å². The standard InChI is InChI=1S/C23H30N2O2/c1-4-27-21-12-10-19(11-13-21)18-24-14-16-25(17-15-24)22(26)23(2,3)20-8-6-5-7-9-20/h5-13H,4,14-18H2,1-3H3. The van der Waals surface area contributed by atoms with E-state index in [1.807, 2.05) is 68.1 Å². The molecule has 4 nitrogen and oxygen atoms in total. The van der Waals surface area contributed by atoms with Gasteiger partial charge in [-0.1, -0.05) is 42.5 Å². The fourth-order valence-electron chi connectivity index (χ4n) is 3.60. The SMILES string of the molecule is CCOc1ccc(CN2CCN(C(=O)C(C)(C)c3ccccc3)CC2)cc1. The number of piperazine rings is 1. The Kier molecular flexibility index (Phi) is 6.17. The normalized spacial score (nSPS) is 15.6. The molecule has 0 spiro atoms. The van der Waals surface area contributed by atoms with E-state index in [-0.39, 0.29) is 5.91 Å². The van der Waals surface area contributed by atoms with Crippen LogP contribution in [-0.4, -0.2) is 48.5 Å². The van der Waals surface area contributed by atoms with Crippen molar-refractivity contribution in [3.05, 3.63) is 65.7 Å². The molecule has 2 aromatic rings. The Morgan fingerprint density at radius 2 is 1.59 bits per heavy atom. The minimum Gasteiger partial charge on any atom is -0.494 e. The predicted molar refractivity (Wildman–Crippen MR) is 109 cm³/mol. The van der Waals surface area contributed by atoms with E-state index in [1.165, 1.54) is 5.56 Å². The second-order valence-corrected chi connectivity index (χ2v) is 7.64. The zero-order valence-corrected chi connectivity index (χ0v) is 16.6. The molecule has 27 heavy (non-hydrogen) atoms. The van der Waals surface area contributed by atoms with Gasteiger partial charge in [-0.3, -0.25) is 9.69 Å². The first-order valence-corrected chi connectivity index (χ1v) is 9.79. The second kappa shape index (κ2) is 8.57. The van der Waals surface area contributed by atoms with Crippen molar-refractivity contribution in [2.24, 2.45) is 0 Å². The summed E-state index contributed by atoms with van der Waals surface area (Å²) in [5.74, 6) is 1.13. The zero-order valence-electron chi connectivity index (χ0n) is 16.6. The number of nitrogens with zero attached hydrogens (tertiary/aromatic N) is 2. The van der Waals surface area contributed by atoms with Gasteiger partial charge in [0.05, 0.1) is 12.0 Å². The third kappa shape index (κ3) is 4.69. The maximum absolute atomic E-state index is 13.1. The summed E-state index contributed by atoms with van der Waals surface area (Å²) in [5.41, 5.74) is 1.87. The molecule has 1 saturated heterocycles. The highest BCUT2D eigenvalue weighted by Crippen LogP contribution is 2.26. The Morgan fingerprint density at radius 3 is 2.19 bits per heavy atom. The number of hydrogen-bond acceptors (Lipinski definition) is 3. The van der Waals surface area contributed by atoms with Crippen LogP contribution in [0.4, 0.5) is 0 Å². The summed E-state index contributed by atoms with van der Waals surface area (Å²) in [6.45, 7) is 11.0. The van der Waals surface area contributed by atoms with Gasteiger partial charge in [0.1, 0.15) is 5.75 Å². The minimum atomic E-state index is -0.488. The van der Waals surface area contributed by atoms with Crippen LogP contribution in [0.15, 0.2) is 54.6 Å². The first kappa shape index (κ1) is 19.4. The lowest BCUT2D eigenvalue weighted by atomic mass is 9.83. The Bertz CT molecular complexity index is 733. The molecule has 4 heteroatoms. The molecule has 144 valence electrons. The van der Waals surface area contributed by atoms with Gasteiger partial charge in [0, 0.05) is 32.7 Å². The number of carbonyl (C=O) groups is 1. The number of rotatable bonds is 6. The van der Waals surface area contributed by atoms with Crippen molar-refractivity contribution in [1.29, 1.82) is 0 Å². The van der Waals surface area contributed by atoms with Crippen molar-refractivity contribution in [2.75, 3.05) is 32.8 Å². The summed E-state index contributed by atoms with van der Waals surface area (Å²) in [6, 6.07) is 18.4. The molecule has 0 radical (unpaired) electrons. The first-order valence-electron chi connectivity index (χ1n) is 9.79. The summed E-state index contributed by atoms with van der Waals surface area (Å²) in [4.78, 5) is 17.5. The van der Waals surface area contributed by atoms with E-state index in [4.69, 9.17) is 4.74 Å². The number of amides is 1. The van der Waals surface area contributed by atoms with E-state index in [2.05, 4.69) is 17.0 Å². The maximum Gasteiger partial charge on any atom is 0.232 e. The number of hydrogen-bond donors (Lipinski definition) is 0. The smallest absolute Gasteiger partial charge is 0.232 e. The first-order chi connectivity index (χ1) is 13.0. The van der Waals surface area contributed by atoms with E-state index in [0.29, 0.717) is 6.61 Å². The van der Waals surface area contributed by atoms with Crippen molar-refractivity contribution in [2.45, 2.75) is 32.7 Å². The Labute approximate surface area is 162 Å². The van der Waals surface area contributed by atoms with Crippen LogP contribution < -0.4 is 4.74 Å². The molecule has 0 unspecified atom stereocenters. The van der Waals surface area contributed by atoms with E-state index >= 15 is 0 Å². The highest BCUT2D eigenvalue weighted by atomic mass is 16.5. The van der Waals surface area contributed by atoms with E-state index in [1.54, 1.807) is 0 Å². The Balaban J connectivity index is 1.54. The van der Waals surface area contributed by atoms with Gasteiger partial charge >= 0.3 is 0 Å². The largest absolute Gasteiger partial charge is 0.494 e. The minimum absolute atomic E-state index is 0.217. The lowest BCUT2D eigenvalue weighted by molar-refractivity contribution is -0.138. The quantitative estimate of drug-likeness (QED) is 0.781. The van der Waals surface area contributed by atoms with Crippen LogP contribution in [0.2, 0.25) is 0 Å². The topological polar surface area (TPSA) is 32.8 Å². The molecule has 0 aromatic heterocycles. The van der Waals surface area contributed by atoms with Gasteiger partial charge in [0.15, 0.2) is 0 Å². The Morgan fingerprint density at radius 1 is 0.963 bits per heavy atom. The molecule has 3 rings (SSSR count). The van der Waals surface area contributed by atoms with Gasteiger partial charge in [-0.25, -0.2) is 0 Å². The zero-order chi connectivity index (χ0) is 19.3. The average Bonchev–Trinajstić information content (AvgIpc) is 2.70. The van der Waals surface area contributed by atoms with Gasteiger partial charge in [0.25, 0.3) is 0 Å². The van der Waals surface area contributed by atoms with E-state index < -0.39 is 5.41 Å². The van der Waals surface area contributed by atoms with E-state index in [0.717, 1.165) is 44.0 Å². The molecule has 0 aliphatic carbocycles. The lowest BCUT2D eigenvalue weighted by Gasteiger charge is -2.38. The third-order valence-corrected chi connectivity index (χ3v) is 5.33. The number of carbonyl (C=O) groups excluding carboxylic acids is 1. The van der Waals surface area contributed by atoms with Crippen molar-refractivity contribution in [1.82, 2.24) is 9.80 Å². The molecule has 1 aliphatic heterocycles. The lowest BCUT2D eigenvalue weighted by Crippen LogP contribution is -2.52. The molecule has 0 saturated carbocycles. The molecule has 1 aliphatic rings. The molecular weight excluding hydrogens is 336 g/mol. The highest BCUT2D eigenvalue weighted by Gasteiger charge is 2.34. The summed E-state index contributed by atoms with van der Waals surface area (Å²) < 4.78 is 5.50. The number of ether oxygens (including phenoxy) is 1. The van der Waals surface area contributed by atoms with Gasteiger partial charge in [-0.15, -0.1) is 0 Å². The molecule has 0 N–H and O–H groups in total. The third-order valence-electron chi connectivity index (χ3n) is 5.33. The average molecular weight is 367 g/mol. The van der Waals surface area contributed by atoms with Crippen LogP contribution in [-0.2, 0) is 16.8 Å². The van der Waals surface area contributed by atoms with E-state index in [9.17, 15) is 4.79 Å². The number of benzene rings is 2. The van der Waals surface area contributed by atoms with Crippen LogP contribution in [0.25, 0.3) is 0 Å². The van der Waals surface area contributed by atoms with Crippen LogP contribution in [0, 0.1) is 0 Å².